The maximum absolute atomic E-state index is 12.6. The smallest absolute Gasteiger partial charge is 0.329 e. The van der Waals surface area contributed by atoms with E-state index in [0.717, 1.165) is 22.5 Å². The lowest BCUT2D eigenvalue weighted by Crippen LogP contribution is -2.34. The summed E-state index contributed by atoms with van der Waals surface area (Å²) in [7, 11) is 0. The van der Waals surface area contributed by atoms with Crippen LogP contribution < -0.4 is 11.0 Å². The molecule has 27 heavy (non-hydrogen) atoms. The molecule has 0 fully saturated rings. The van der Waals surface area contributed by atoms with Crippen LogP contribution in [0, 0.1) is 0 Å². The monoisotopic (exact) mass is 364 g/mol. The molecular weight excluding hydrogens is 344 g/mol. The van der Waals surface area contributed by atoms with Crippen LogP contribution in [0.15, 0.2) is 53.5 Å². The van der Waals surface area contributed by atoms with Crippen molar-refractivity contribution in [1.29, 1.82) is 0 Å². The van der Waals surface area contributed by atoms with E-state index in [2.05, 4.69) is 15.5 Å². The van der Waals surface area contributed by atoms with E-state index in [0.29, 0.717) is 19.5 Å². The Bertz CT molecular complexity index is 1170. The standard InChI is InChI=1S/C19H20N6O2/c1-2-23-14-7-3-4-8-15(14)25(19(23)27)13-18(26)20-11-10-17-22-21-16-9-5-6-12-24(16)17/h3-9,12H,2,10-11,13H2,1H3,(H,20,26). The van der Waals surface area contributed by atoms with Crippen molar-refractivity contribution in [2.75, 3.05) is 6.54 Å². The van der Waals surface area contributed by atoms with E-state index >= 15 is 0 Å². The second kappa shape index (κ2) is 7.06. The minimum absolute atomic E-state index is 0.00702. The molecule has 3 heterocycles. The number of hydrogen-bond acceptors (Lipinski definition) is 4. The van der Waals surface area contributed by atoms with Gasteiger partial charge in [-0.3, -0.25) is 18.3 Å². The number of rotatable bonds is 6. The summed E-state index contributed by atoms with van der Waals surface area (Å²) in [4.78, 5) is 25.0. The third-order valence-electron chi connectivity index (χ3n) is 4.60. The third-order valence-corrected chi connectivity index (χ3v) is 4.60. The number of carbonyl (C=O) groups is 1. The fourth-order valence-electron chi connectivity index (χ4n) is 3.31. The molecule has 0 bridgehead atoms. The number of benzene rings is 1. The first kappa shape index (κ1) is 17.0. The number of hydrogen-bond donors (Lipinski definition) is 1. The predicted molar refractivity (Wildman–Crippen MR) is 102 cm³/mol. The molecule has 4 aromatic rings. The molecule has 4 rings (SSSR count). The summed E-state index contributed by atoms with van der Waals surface area (Å²) in [6, 6.07) is 13.2. The van der Waals surface area contributed by atoms with Crippen LogP contribution in [0.25, 0.3) is 16.7 Å². The molecule has 0 radical (unpaired) electrons. The fourth-order valence-corrected chi connectivity index (χ4v) is 3.31. The summed E-state index contributed by atoms with van der Waals surface area (Å²) < 4.78 is 5.08. The molecule has 0 aliphatic rings. The molecule has 0 saturated heterocycles. The lowest BCUT2D eigenvalue weighted by Gasteiger charge is -2.06. The first-order valence-electron chi connectivity index (χ1n) is 8.92. The van der Waals surface area contributed by atoms with Gasteiger partial charge in [0, 0.05) is 25.7 Å². The lowest BCUT2D eigenvalue weighted by atomic mass is 10.3. The van der Waals surface area contributed by atoms with E-state index in [1.165, 1.54) is 4.57 Å². The number of fused-ring (bicyclic) bond motifs is 2. The van der Waals surface area contributed by atoms with E-state index in [9.17, 15) is 9.59 Å². The molecule has 0 aliphatic heterocycles. The lowest BCUT2D eigenvalue weighted by molar-refractivity contribution is -0.121. The first-order valence-corrected chi connectivity index (χ1v) is 8.92. The quantitative estimate of drug-likeness (QED) is 0.557. The Kier molecular flexibility index (Phi) is 4.45. The molecule has 1 N–H and O–H groups in total. The first-order chi connectivity index (χ1) is 13.2. The van der Waals surface area contributed by atoms with Crippen molar-refractivity contribution in [2.45, 2.75) is 26.4 Å². The van der Waals surface area contributed by atoms with E-state index < -0.39 is 0 Å². The van der Waals surface area contributed by atoms with Gasteiger partial charge in [-0.25, -0.2) is 4.79 Å². The van der Waals surface area contributed by atoms with Gasteiger partial charge in [0.1, 0.15) is 12.4 Å². The molecule has 8 heteroatoms. The molecular formula is C19H20N6O2. The van der Waals surface area contributed by atoms with E-state index in [4.69, 9.17) is 0 Å². The van der Waals surface area contributed by atoms with Crippen LogP contribution in [0.1, 0.15) is 12.7 Å². The number of aromatic nitrogens is 5. The molecule has 0 unspecified atom stereocenters. The largest absolute Gasteiger partial charge is 0.354 e. The number of amides is 1. The molecule has 1 aromatic carbocycles. The SMILES string of the molecule is CCn1c(=O)n(CC(=O)NCCc2nnc3ccccn23)c2ccccc21. The minimum Gasteiger partial charge on any atom is -0.354 e. The maximum atomic E-state index is 12.6. The second-order valence-corrected chi connectivity index (χ2v) is 6.25. The van der Waals surface area contributed by atoms with Crippen molar-refractivity contribution in [3.8, 4) is 0 Å². The second-order valence-electron chi connectivity index (χ2n) is 6.25. The Morgan fingerprint density at radius 3 is 2.56 bits per heavy atom. The van der Waals surface area contributed by atoms with Crippen molar-refractivity contribution in [3.05, 3.63) is 65.0 Å². The van der Waals surface area contributed by atoms with Crippen LogP contribution >= 0.6 is 0 Å². The summed E-state index contributed by atoms with van der Waals surface area (Å²) in [6.45, 7) is 2.90. The molecule has 1 amide bonds. The van der Waals surface area contributed by atoms with E-state index in [1.807, 2.05) is 60.0 Å². The summed E-state index contributed by atoms with van der Waals surface area (Å²) in [5.41, 5.74) is 2.21. The Morgan fingerprint density at radius 2 is 1.78 bits per heavy atom. The number of nitrogens with zero attached hydrogens (tertiary/aromatic N) is 5. The number of carbonyl (C=O) groups excluding carboxylic acids is 1. The fraction of sp³-hybridized carbons (Fsp3) is 0.263. The van der Waals surface area contributed by atoms with E-state index in [1.54, 1.807) is 4.57 Å². The van der Waals surface area contributed by atoms with Crippen molar-refractivity contribution in [3.63, 3.8) is 0 Å². The van der Waals surface area contributed by atoms with Gasteiger partial charge in [0.25, 0.3) is 0 Å². The van der Waals surface area contributed by atoms with E-state index in [-0.39, 0.29) is 18.1 Å². The molecule has 0 aliphatic carbocycles. The maximum Gasteiger partial charge on any atom is 0.329 e. The number of imidazole rings is 1. The molecule has 8 nitrogen and oxygen atoms in total. The van der Waals surface area contributed by atoms with Gasteiger partial charge in [-0.1, -0.05) is 18.2 Å². The van der Waals surface area contributed by atoms with Gasteiger partial charge < -0.3 is 5.32 Å². The summed E-state index contributed by atoms with van der Waals surface area (Å²) in [6.07, 6.45) is 2.45. The van der Waals surface area contributed by atoms with Crippen molar-refractivity contribution in [1.82, 2.24) is 29.0 Å². The highest BCUT2D eigenvalue weighted by molar-refractivity contribution is 5.80. The summed E-state index contributed by atoms with van der Waals surface area (Å²) >= 11 is 0. The highest BCUT2D eigenvalue weighted by atomic mass is 16.2. The van der Waals surface area contributed by atoms with Crippen LogP contribution in [0.4, 0.5) is 0 Å². The number of aryl methyl sites for hydroxylation is 1. The van der Waals surface area contributed by atoms with Crippen molar-refractivity contribution < 1.29 is 4.79 Å². The third kappa shape index (κ3) is 3.10. The summed E-state index contributed by atoms with van der Waals surface area (Å²) in [5, 5.41) is 11.1. The zero-order valence-electron chi connectivity index (χ0n) is 15.0. The number of para-hydroxylation sites is 2. The minimum atomic E-state index is -0.204. The molecule has 138 valence electrons. The van der Waals surface area contributed by atoms with Gasteiger partial charge >= 0.3 is 5.69 Å². The normalized spacial score (nSPS) is 11.3. The van der Waals surface area contributed by atoms with Crippen LogP contribution in [-0.4, -0.2) is 36.2 Å². The average molecular weight is 364 g/mol. The Balaban J connectivity index is 1.45. The molecule has 0 atom stereocenters. The Hall–Kier alpha value is -3.42. The van der Waals surface area contributed by atoms with Crippen molar-refractivity contribution >= 4 is 22.6 Å². The van der Waals surface area contributed by atoms with Crippen LogP contribution in [0.3, 0.4) is 0 Å². The van der Waals surface area contributed by atoms with Crippen LogP contribution in [0.2, 0.25) is 0 Å². The highest BCUT2D eigenvalue weighted by Gasteiger charge is 2.14. The Morgan fingerprint density at radius 1 is 1.04 bits per heavy atom. The van der Waals surface area contributed by atoms with Gasteiger partial charge in [0.15, 0.2) is 5.65 Å². The van der Waals surface area contributed by atoms with Gasteiger partial charge in [-0.05, 0) is 31.2 Å². The molecule has 0 saturated carbocycles. The molecule has 0 spiro atoms. The average Bonchev–Trinajstić information content (AvgIpc) is 3.21. The van der Waals surface area contributed by atoms with Gasteiger partial charge in [0.2, 0.25) is 5.91 Å². The molecule has 3 aromatic heterocycles. The predicted octanol–water partition coefficient (Wildman–Crippen LogP) is 1.22. The summed E-state index contributed by atoms with van der Waals surface area (Å²) in [5.74, 6) is 0.579. The van der Waals surface area contributed by atoms with Crippen LogP contribution in [0.5, 0.6) is 0 Å². The zero-order valence-corrected chi connectivity index (χ0v) is 15.0. The van der Waals surface area contributed by atoms with Crippen LogP contribution in [-0.2, 0) is 24.3 Å². The van der Waals surface area contributed by atoms with Gasteiger partial charge in [-0.15, -0.1) is 10.2 Å². The Labute approximate surface area is 155 Å². The van der Waals surface area contributed by atoms with Gasteiger partial charge in [-0.2, -0.15) is 0 Å². The highest BCUT2D eigenvalue weighted by Crippen LogP contribution is 2.12. The van der Waals surface area contributed by atoms with Gasteiger partial charge in [0.05, 0.1) is 11.0 Å². The van der Waals surface area contributed by atoms with Crippen molar-refractivity contribution in [2.24, 2.45) is 0 Å². The number of nitrogens with one attached hydrogen (secondary N) is 1. The topological polar surface area (TPSA) is 86.2 Å². The number of pyridine rings is 1. The zero-order chi connectivity index (χ0) is 18.8.